The van der Waals surface area contributed by atoms with Gasteiger partial charge in [0.05, 0.1) is 17.1 Å². The smallest absolute Gasteiger partial charge is 0.269 e. The predicted molar refractivity (Wildman–Crippen MR) is 81.3 cm³/mol. The topological polar surface area (TPSA) is 60.5 Å². The zero-order valence-electron chi connectivity index (χ0n) is 11.8. The number of nitrogen functional groups attached to an aromatic ring is 1. The number of hydrogen-bond acceptors (Lipinski definition) is 3. The van der Waals surface area contributed by atoms with Crippen molar-refractivity contribution in [1.82, 2.24) is 9.47 Å². The molecule has 5 nitrogen and oxygen atoms in total. The average Bonchev–Trinajstić information content (AvgIpc) is 2.73. The summed E-state index contributed by atoms with van der Waals surface area (Å²) in [5.74, 6) is -0.0769. The molecule has 0 aliphatic rings. The highest BCUT2D eigenvalue weighted by Crippen LogP contribution is 2.30. The molecule has 1 aromatic carbocycles. The standard InChI is InChI=1S/C14H18ClN3O2/c1-17(2)14(19)12-7-9-6-10(16)8-11(15)13(9)18(12)4-5-20-3/h6-8H,4-5,16H2,1-3H3. The first-order chi connectivity index (χ1) is 9.45. The number of amides is 1. The molecule has 6 heteroatoms. The van der Waals surface area contributed by atoms with Gasteiger partial charge in [-0.25, -0.2) is 0 Å². The number of halogens is 1. The quantitative estimate of drug-likeness (QED) is 0.880. The Kier molecular flexibility index (Phi) is 4.20. The third-order valence-electron chi connectivity index (χ3n) is 3.11. The molecule has 0 bridgehead atoms. The van der Waals surface area contributed by atoms with E-state index >= 15 is 0 Å². The van der Waals surface area contributed by atoms with Crippen LogP contribution in [0, 0.1) is 0 Å². The molecule has 0 atom stereocenters. The molecule has 0 unspecified atom stereocenters. The summed E-state index contributed by atoms with van der Waals surface area (Å²) >= 11 is 6.28. The summed E-state index contributed by atoms with van der Waals surface area (Å²) in [4.78, 5) is 13.8. The van der Waals surface area contributed by atoms with Gasteiger partial charge in [-0.05, 0) is 18.2 Å². The summed E-state index contributed by atoms with van der Waals surface area (Å²) in [7, 11) is 5.06. The van der Waals surface area contributed by atoms with Crippen molar-refractivity contribution in [2.24, 2.45) is 0 Å². The van der Waals surface area contributed by atoms with Gasteiger partial charge in [0, 0.05) is 38.8 Å². The monoisotopic (exact) mass is 295 g/mol. The largest absolute Gasteiger partial charge is 0.399 e. The van der Waals surface area contributed by atoms with Crippen LogP contribution in [0.15, 0.2) is 18.2 Å². The zero-order valence-corrected chi connectivity index (χ0v) is 12.6. The Morgan fingerprint density at radius 2 is 2.10 bits per heavy atom. The van der Waals surface area contributed by atoms with E-state index < -0.39 is 0 Å². The number of carbonyl (C=O) groups excluding carboxylic acids is 1. The van der Waals surface area contributed by atoms with Crippen molar-refractivity contribution in [2.45, 2.75) is 6.54 Å². The predicted octanol–water partition coefficient (Wildman–Crippen LogP) is 2.23. The number of methoxy groups -OCH3 is 1. The van der Waals surface area contributed by atoms with Gasteiger partial charge in [-0.3, -0.25) is 4.79 Å². The highest BCUT2D eigenvalue weighted by molar-refractivity contribution is 6.35. The van der Waals surface area contributed by atoms with Crippen LogP contribution in [0.1, 0.15) is 10.5 Å². The van der Waals surface area contributed by atoms with Gasteiger partial charge in [-0.2, -0.15) is 0 Å². The molecule has 1 heterocycles. The minimum atomic E-state index is -0.0769. The van der Waals surface area contributed by atoms with E-state index in [0.29, 0.717) is 29.6 Å². The molecule has 1 aromatic heterocycles. The Morgan fingerprint density at radius 3 is 2.70 bits per heavy atom. The van der Waals surface area contributed by atoms with Crippen LogP contribution in [0.4, 0.5) is 5.69 Å². The van der Waals surface area contributed by atoms with Crippen LogP contribution in [-0.2, 0) is 11.3 Å². The maximum absolute atomic E-state index is 12.3. The second-order valence-corrected chi connectivity index (χ2v) is 5.22. The summed E-state index contributed by atoms with van der Waals surface area (Å²) in [5.41, 5.74) is 7.77. The fourth-order valence-electron chi connectivity index (χ4n) is 2.20. The van der Waals surface area contributed by atoms with E-state index in [2.05, 4.69) is 0 Å². The summed E-state index contributed by atoms with van der Waals surface area (Å²) in [6.07, 6.45) is 0. The van der Waals surface area contributed by atoms with Crippen LogP contribution in [0.3, 0.4) is 0 Å². The molecule has 2 rings (SSSR count). The lowest BCUT2D eigenvalue weighted by Gasteiger charge is -2.14. The van der Waals surface area contributed by atoms with E-state index in [9.17, 15) is 4.79 Å². The lowest BCUT2D eigenvalue weighted by molar-refractivity contribution is 0.0815. The second kappa shape index (κ2) is 5.73. The maximum atomic E-state index is 12.3. The van der Waals surface area contributed by atoms with Crippen molar-refractivity contribution >= 4 is 34.1 Å². The Hall–Kier alpha value is -1.72. The molecular weight excluding hydrogens is 278 g/mol. The van der Waals surface area contributed by atoms with Gasteiger partial charge in [0.1, 0.15) is 5.69 Å². The highest BCUT2D eigenvalue weighted by Gasteiger charge is 2.19. The molecule has 0 spiro atoms. The first-order valence-electron chi connectivity index (χ1n) is 6.24. The van der Waals surface area contributed by atoms with E-state index in [-0.39, 0.29) is 5.91 Å². The van der Waals surface area contributed by atoms with Gasteiger partial charge in [0.2, 0.25) is 0 Å². The van der Waals surface area contributed by atoms with Crippen molar-refractivity contribution in [3.8, 4) is 0 Å². The normalized spacial score (nSPS) is 11.0. The van der Waals surface area contributed by atoms with Crippen LogP contribution >= 0.6 is 11.6 Å². The first-order valence-corrected chi connectivity index (χ1v) is 6.62. The van der Waals surface area contributed by atoms with Crippen molar-refractivity contribution in [2.75, 3.05) is 33.5 Å². The average molecular weight is 296 g/mol. The number of ether oxygens (including phenoxy) is 1. The maximum Gasteiger partial charge on any atom is 0.269 e. The molecule has 108 valence electrons. The third-order valence-corrected chi connectivity index (χ3v) is 3.40. The van der Waals surface area contributed by atoms with Crippen molar-refractivity contribution in [1.29, 1.82) is 0 Å². The number of carbonyl (C=O) groups is 1. The Labute approximate surface area is 122 Å². The number of benzene rings is 1. The number of aromatic nitrogens is 1. The fourth-order valence-corrected chi connectivity index (χ4v) is 2.54. The summed E-state index contributed by atoms with van der Waals surface area (Å²) in [6.45, 7) is 1.05. The summed E-state index contributed by atoms with van der Waals surface area (Å²) in [5, 5.41) is 1.39. The van der Waals surface area contributed by atoms with E-state index in [4.69, 9.17) is 22.1 Å². The first kappa shape index (κ1) is 14.7. The molecule has 0 aliphatic heterocycles. The third kappa shape index (κ3) is 2.59. The van der Waals surface area contributed by atoms with Crippen molar-refractivity contribution in [3.63, 3.8) is 0 Å². The lowest BCUT2D eigenvalue weighted by atomic mass is 10.2. The molecule has 20 heavy (non-hydrogen) atoms. The summed E-state index contributed by atoms with van der Waals surface area (Å²) < 4.78 is 6.99. The molecular formula is C14H18ClN3O2. The van der Waals surface area contributed by atoms with Crippen LogP contribution in [0.2, 0.25) is 5.02 Å². The van der Waals surface area contributed by atoms with Gasteiger partial charge in [0.25, 0.3) is 5.91 Å². The van der Waals surface area contributed by atoms with Gasteiger partial charge in [-0.1, -0.05) is 11.6 Å². The van der Waals surface area contributed by atoms with Crippen LogP contribution < -0.4 is 5.73 Å². The van der Waals surface area contributed by atoms with Gasteiger partial charge < -0.3 is 19.9 Å². The van der Waals surface area contributed by atoms with Crippen LogP contribution in [0.5, 0.6) is 0 Å². The van der Waals surface area contributed by atoms with Crippen molar-refractivity contribution in [3.05, 3.63) is 28.9 Å². The zero-order chi connectivity index (χ0) is 14.9. The second-order valence-electron chi connectivity index (χ2n) is 4.81. The van der Waals surface area contributed by atoms with Gasteiger partial charge in [-0.15, -0.1) is 0 Å². The SMILES string of the molecule is COCCn1c(C(=O)N(C)C)cc2cc(N)cc(Cl)c21. The molecule has 1 amide bonds. The fraction of sp³-hybridized carbons (Fsp3) is 0.357. The van der Waals surface area contributed by atoms with Gasteiger partial charge >= 0.3 is 0 Å². The van der Waals surface area contributed by atoms with Crippen LogP contribution in [0.25, 0.3) is 10.9 Å². The lowest BCUT2D eigenvalue weighted by Crippen LogP contribution is -2.25. The Morgan fingerprint density at radius 1 is 1.40 bits per heavy atom. The minimum Gasteiger partial charge on any atom is -0.399 e. The van der Waals surface area contributed by atoms with Crippen LogP contribution in [-0.4, -0.2) is 43.2 Å². The number of hydrogen-bond donors (Lipinski definition) is 1. The number of anilines is 1. The Bertz CT molecular complexity index is 649. The number of rotatable bonds is 4. The molecule has 0 aliphatic carbocycles. The van der Waals surface area contributed by atoms with E-state index in [1.807, 2.05) is 16.7 Å². The van der Waals surface area contributed by atoms with E-state index in [1.165, 1.54) is 4.90 Å². The van der Waals surface area contributed by atoms with E-state index in [0.717, 1.165) is 10.9 Å². The van der Waals surface area contributed by atoms with Gasteiger partial charge in [0.15, 0.2) is 0 Å². The summed E-state index contributed by atoms with van der Waals surface area (Å²) in [6, 6.07) is 5.32. The molecule has 2 N–H and O–H groups in total. The van der Waals surface area contributed by atoms with Crippen molar-refractivity contribution < 1.29 is 9.53 Å². The number of nitrogens with zero attached hydrogens (tertiary/aromatic N) is 2. The molecule has 2 aromatic rings. The molecule has 0 fully saturated rings. The molecule has 0 saturated heterocycles. The molecule has 0 saturated carbocycles. The minimum absolute atomic E-state index is 0.0769. The number of fused-ring (bicyclic) bond motifs is 1. The Balaban J connectivity index is 2.66. The van der Waals surface area contributed by atoms with E-state index in [1.54, 1.807) is 27.3 Å². The molecule has 0 radical (unpaired) electrons. The highest BCUT2D eigenvalue weighted by atomic mass is 35.5. The number of nitrogens with two attached hydrogens (primary N) is 1.